The van der Waals surface area contributed by atoms with Crippen molar-refractivity contribution < 1.29 is 9.31 Å². The van der Waals surface area contributed by atoms with Crippen molar-refractivity contribution >= 4 is 34.0 Å². The van der Waals surface area contributed by atoms with Crippen LogP contribution < -0.4 is 10.6 Å². The third-order valence-electron chi connectivity index (χ3n) is 3.77. The van der Waals surface area contributed by atoms with E-state index in [1.54, 1.807) is 22.6 Å². The summed E-state index contributed by atoms with van der Waals surface area (Å²) >= 11 is 1.77. The first kappa shape index (κ1) is 15.4. The molecule has 1 aromatic rings. The first-order valence-corrected chi connectivity index (χ1v) is 7.62. The minimum Gasteiger partial charge on any atom is -0.362 e. The molecular formula is C13H17FIN3O2. The van der Waals surface area contributed by atoms with Gasteiger partial charge >= 0.3 is 0 Å². The normalized spacial score (nSPS) is 22.9. The summed E-state index contributed by atoms with van der Waals surface area (Å²) in [5.41, 5.74) is 6.07. The van der Waals surface area contributed by atoms with E-state index in [4.69, 9.17) is 5.73 Å². The molecule has 0 spiro atoms. The van der Waals surface area contributed by atoms with Crippen molar-refractivity contribution in [3.8, 4) is 0 Å². The van der Waals surface area contributed by atoms with Gasteiger partial charge in [0.15, 0.2) is 0 Å². The Morgan fingerprint density at radius 3 is 2.90 bits per heavy atom. The van der Waals surface area contributed by atoms with Gasteiger partial charge in [-0.25, -0.2) is 4.39 Å². The van der Waals surface area contributed by atoms with Crippen LogP contribution in [0.3, 0.4) is 0 Å². The highest BCUT2D eigenvalue weighted by atomic mass is 127. The van der Waals surface area contributed by atoms with Gasteiger partial charge in [-0.15, -0.1) is 0 Å². The van der Waals surface area contributed by atoms with E-state index < -0.39 is 10.7 Å². The van der Waals surface area contributed by atoms with Gasteiger partial charge in [-0.2, -0.15) is 0 Å². The van der Waals surface area contributed by atoms with Crippen LogP contribution in [0.5, 0.6) is 0 Å². The number of benzene rings is 1. The summed E-state index contributed by atoms with van der Waals surface area (Å²) in [7, 11) is 0. The lowest BCUT2D eigenvalue weighted by molar-refractivity contribution is -0.384. The van der Waals surface area contributed by atoms with Crippen LogP contribution in [0.1, 0.15) is 19.8 Å². The maximum Gasteiger partial charge on any atom is 0.293 e. The van der Waals surface area contributed by atoms with Gasteiger partial charge in [0.05, 0.1) is 8.49 Å². The maximum atomic E-state index is 13.8. The molecule has 1 aliphatic rings. The van der Waals surface area contributed by atoms with Gasteiger partial charge in [0.1, 0.15) is 11.5 Å². The van der Waals surface area contributed by atoms with Gasteiger partial charge < -0.3 is 10.6 Å². The first-order valence-electron chi connectivity index (χ1n) is 6.54. The Morgan fingerprint density at radius 2 is 2.30 bits per heavy atom. The van der Waals surface area contributed by atoms with Crippen molar-refractivity contribution in [3.05, 3.63) is 31.6 Å². The maximum absolute atomic E-state index is 13.8. The van der Waals surface area contributed by atoms with E-state index in [9.17, 15) is 14.5 Å². The average Bonchev–Trinajstić information content (AvgIpc) is 2.41. The molecular weight excluding hydrogens is 376 g/mol. The zero-order valence-electron chi connectivity index (χ0n) is 11.2. The summed E-state index contributed by atoms with van der Waals surface area (Å²) in [4.78, 5) is 12.6. The molecule has 110 valence electrons. The molecule has 1 aromatic carbocycles. The number of rotatable bonds is 3. The molecule has 0 saturated carbocycles. The lowest BCUT2D eigenvalue weighted by Gasteiger charge is -2.39. The fourth-order valence-corrected chi connectivity index (χ4v) is 3.15. The van der Waals surface area contributed by atoms with Crippen LogP contribution >= 0.6 is 22.6 Å². The molecule has 2 atom stereocenters. The van der Waals surface area contributed by atoms with E-state index in [1.807, 2.05) is 4.90 Å². The molecule has 1 aliphatic heterocycles. The summed E-state index contributed by atoms with van der Waals surface area (Å²) < 4.78 is 14.1. The number of nitrogens with two attached hydrogens (primary N) is 1. The number of nitro benzene ring substituents is 1. The van der Waals surface area contributed by atoms with Crippen molar-refractivity contribution in [2.75, 3.05) is 18.0 Å². The molecule has 0 radical (unpaired) electrons. The Hall–Kier alpha value is -0.960. The van der Waals surface area contributed by atoms with Gasteiger partial charge in [0.2, 0.25) is 0 Å². The molecule has 0 aromatic heterocycles. The molecule has 1 fully saturated rings. The Morgan fingerprint density at radius 1 is 1.60 bits per heavy atom. The third kappa shape index (κ3) is 3.03. The second-order valence-electron chi connectivity index (χ2n) is 5.22. The first-order chi connectivity index (χ1) is 9.43. The molecule has 2 unspecified atom stereocenters. The second kappa shape index (κ2) is 6.21. The molecule has 0 bridgehead atoms. The predicted octanol–water partition coefficient (Wildman–Crippen LogP) is 2.90. The van der Waals surface area contributed by atoms with Crippen molar-refractivity contribution in [1.82, 2.24) is 0 Å². The van der Waals surface area contributed by atoms with Crippen molar-refractivity contribution in [2.45, 2.75) is 25.8 Å². The molecule has 1 saturated heterocycles. The smallest absolute Gasteiger partial charge is 0.293 e. The highest BCUT2D eigenvalue weighted by Gasteiger charge is 2.30. The van der Waals surface area contributed by atoms with Gasteiger partial charge in [-0.1, -0.05) is 6.92 Å². The van der Waals surface area contributed by atoms with Crippen LogP contribution in [-0.4, -0.2) is 24.1 Å². The SMILES string of the molecule is CC1CCN(c2cc(F)c(I)cc2[N+](=O)[O-])C(CN)C1. The van der Waals surface area contributed by atoms with Crippen molar-refractivity contribution in [3.63, 3.8) is 0 Å². The number of nitrogens with zero attached hydrogens (tertiary/aromatic N) is 2. The van der Waals surface area contributed by atoms with Crippen LogP contribution in [-0.2, 0) is 0 Å². The molecule has 5 nitrogen and oxygen atoms in total. The van der Waals surface area contributed by atoms with E-state index in [-0.39, 0.29) is 15.3 Å². The fourth-order valence-electron chi connectivity index (χ4n) is 2.69. The quantitative estimate of drug-likeness (QED) is 0.487. The van der Waals surface area contributed by atoms with E-state index in [2.05, 4.69) is 6.92 Å². The van der Waals surface area contributed by atoms with Crippen LogP contribution in [0.15, 0.2) is 12.1 Å². The molecule has 7 heteroatoms. The number of halogens is 2. The predicted molar refractivity (Wildman–Crippen MR) is 84.4 cm³/mol. The van der Waals surface area contributed by atoms with Crippen LogP contribution in [0.2, 0.25) is 0 Å². The number of hydrogen-bond donors (Lipinski definition) is 1. The summed E-state index contributed by atoms with van der Waals surface area (Å²) in [5.74, 6) is 0.105. The van der Waals surface area contributed by atoms with Crippen molar-refractivity contribution in [2.24, 2.45) is 11.7 Å². The number of anilines is 1. The van der Waals surface area contributed by atoms with Gasteiger partial charge in [0.25, 0.3) is 5.69 Å². The summed E-state index contributed by atoms with van der Waals surface area (Å²) in [5, 5.41) is 11.2. The lowest BCUT2D eigenvalue weighted by Crippen LogP contribution is -2.46. The van der Waals surface area contributed by atoms with E-state index in [1.165, 1.54) is 12.1 Å². The highest BCUT2D eigenvalue weighted by Crippen LogP contribution is 2.36. The van der Waals surface area contributed by atoms with Gasteiger partial charge in [-0.3, -0.25) is 10.1 Å². The van der Waals surface area contributed by atoms with E-state index in [0.717, 1.165) is 12.8 Å². The summed E-state index contributed by atoms with van der Waals surface area (Å²) in [6, 6.07) is 2.58. The van der Waals surface area contributed by atoms with Crippen LogP contribution in [0.25, 0.3) is 0 Å². The number of hydrogen-bond acceptors (Lipinski definition) is 4. The molecule has 1 heterocycles. The molecule has 0 amide bonds. The summed E-state index contributed by atoms with van der Waals surface area (Å²) in [6.45, 7) is 3.22. The fraction of sp³-hybridized carbons (Fsp3) is 0.538. The average molecular weight is 393 g/mol. The van der Waals surface area contributed by atoms with E-state index >= 15 is 0 Å². The zero-order valence-corrected chi connectivity index (χ0v) is 13.3. The lowest BCUT2D eigenvalue weighted by atomic mass is 9.92. The Bertz CT molecular complexity index is 527. The van der Waals surface area contributed by atoms with Gasteiger partial charge in [-0.05, 0) is 41.4 Å². The molecule has 20 heavy (non-hydrogen) atoms. The number of nitro groups is 1. The topological polar surface area (TPSA) is 72.4 Å². The largest absolute Gasteiger partial charge is 0.362 e. The Kier molecular flexibility index (Phi) is 4.79. The van der Waals surface area contributed by atoms with Crippen LogP contribution in [0.4, 0.5) is 15.8 Å². The second-order valence-corrected chi connectivity index (χ2v) is 6.39. The number of piperidine rings is 1. The van der Waals surface area contributed by atoms with Crippen molar-refractivity contribution in [1.29, 1.82) is 0 Å². The molecule has 2 N–H and O–H groups in total. The molecule has 0 aliphatic carbocycles. The monoisotopic (exact) mass is 393 g/mol. The molecule has 2 rings (SSSR count). The minimum atomic E-state index is -0.456. The van der Waals surface area contributed by atoms with E-state index in [0.29, 0.717) is 24.7 Å². The highest BCUT2D eigenvalue weighted by molar-refractivity contribution is 14.1. The van der Waals surface area contributed by atoms with Crippen LogP contribution in [0, 0.1) is 25.4 Å². The Balaban J connectivity index is 2.45. The minimum absolute atomic E-state index is 0.0249. The summed E-state index contributed by atoms with van der Waals surface area (Å²) in [6.07, 6.45) is 1.81. The van der Waals surface area contributed by atoms with Gasteiger partial charge in [0, 0.05) is 31.3 Å². The zero-order chi connectivity index (χ0) is 14.9. The Labute approximate surface area is 130 Å². The third-order valence-corrected chi connectivity index (χ3v) is 4.60. The standard InChI is InChI=1S/C13H17FIN3O2/c1-8-2-3-17(9(4-8)7-16)12-5-10(14)11(15)6-13(12)18(19)20/h5-6,8-9H,2-4,7,16H2,1H3.